The number of nitro benzene ring substituents is 1. The molecule has 0 spiro atoms. The summed E-state index contributed by atoms with van der Waals surface area (Å²) >= 11 is 0. The number of para-hydroxylation sites is 2. The molecule has 9 nitrogen and oxygen atoms in total. The quantitative estimate of drug-likeness (QED) is 0.419. The third-order valence-corrected chi connectivity index (χ3v) is 3.71. The van der Waals surface area contributed by atoms with E-state index < -0.39 is 22.9 Å². The first-order valence-electron chi connectivity index (χ1n) is 8.43. The largest absolute Gasteiger partial charge is 0.496 e. The Morgan fingerprint density at radius 3 is 2.54 bits per heavy atom. The monoisotopic (exact) mass is 388 g/mol. The zero-order valence-corrected chi connectivity index (χ0v) is 15.6. The number of esters is 1. The summed E-state index contributed by atoms with van der Waals surface area (Å²) in [5.41, 5.74) is -0.00765. The Balaban J connectivity index is 2.13. The van der Waals surface area contributed by atoms with Crippen molar-refractivity contribution < 1.29 is 28.7 Å². The van der Waals surface area contributed by atoms with Gasteiger partial charge in [0.1, 0.15) is 17.1 Å². The first-order chi connectivity index (χ1) is 13.4. The summed E-state index contributed by atoms with van der Waals surface area (Å²) in [6, 6.07) is 10.4. The predicted octanol–water partition coefficient (Wildman–Crippen LogP) is 3.19. The van der Waals surface area contributed by atoms with Crippen LogP contribution < -0.4 is 14.8 Å². The van der Waals surface area contributed by atoms with E-state index >= 15 is 0 Å². The molecule has 0 aromatic heterocycles. The van der Waals surface area contributed by atoms with Crippen LogP contribution in [0.25, 0.3) is 0 Å². The van der Waals surface area contributed by atoms with Crippen molar-refractivity contribution in [3.05, 3.63) is 58.1 Å². The fourth-order valence-electron chi connectivity index (χ4n) is 2.33. The van der Waals surface area contributed by atoms with E-state index in [1.54, 1.807) is 24.3 Å². The fourth-order valence-corrected chi connectivity index (χ4v) is 2.33. The molecule has 0 unspecified atom stereocenters. The number of carbonyl (C=O) groups excluding carboxylic acids is 2. The molecule has 1 N–H and O–H groups in total. The smallest absolute Gasteiger partial charge is 0.342 e. The molecule has 0 aliphatic carbocycles. The molecule has 2 aromatic rings. The zero-order valence-electron chi connectivity index (χ0n) is 15.6. The van der Waals surface area contributed by atoms with Crippen LogP contribution in [0.5, 0.6) is 11.5 Å². The van der Waals surface area contributed by atoms with Gasteiger partial charge < -0.3 is 19.5 Å². The fraction of sp³-hybridized carbons (Fsp3) is 0.263. The molecule has 0 bridgehead atoms. The van der Waals surface area contributed by atoms with Crippen molar-refractivity contribution in [3.63, 3.8) is 0 Å². The highest BCUT2D eigenvalue weighted by Gasteiger charge is 2.24. The van der Waals surface area contributed by atoms with Gasteiger partial charge in [-0.25, -0.2) is 4.79 Å². The van der Waals surface area contributed by atoms with E-state index in [9.17, 15) is 19.7 Å². The summed E-state index contributed by atoms with van der Waals surface area (Å²) < 4.78 is 15.6. The maximum absolute atomic E-state index is 12.4. The molecule has 28 heavy (non-hydrogen) atoms. The van der Waals surface area contributed by atoms with E-state index in [0.717, 1.165) is 6.07 Å². The van der Waals surface area contributed by atoms with E-state index in [4.69, 9.17) is 14.2 Å². The number of anilines is 1. The van der Waals surface area contributed by atoms with Crippen molar-refractivity contribution in [2.75, 3.05) is 19.0 Å². The number of nitrogens with one attached hydrogen (secondary N) is 1. The van der Waals surface area contributed by atoms with Crippen LogP contribution >= 0.6 is 0 Å². The third kappa shape index (κ3) is 4.97. The van der Waals surface area contributed by atoms with Gasteiger partial charge in [-0.2, -0.15) is 0 Å². The average molecular weight is 388 g/mol. The summed E-state index contributed by atoms with van der Waals surface area (Å²) in [5, 5.41) is 13.6. The predicted molar refractivity (Wildman–Crippen MR) is 101 cm³/mol. The molecule has 1 atom stereocenters. The maximum atomic E-state index is 12.4. The Morgan fingerprint density at radius 1 is 1.18 bits per heavy atom. The van der Waals surface area contributed by atoms with Crippen LogP contribution in [0.4, 0.5) is 11.4 Å². The van der Waals surface area contributed by atoms with Crippen molar-refractivity contribution in [1.29, 1.82) is 0 Å². The molecule has 0 saturated carbocycles. The normalized spacial score (nSPS) is 11.2. The van der Waals surface area contributed by atoms with Crippen LogP contribution in [-0.2, 0) is 9.53 Å². The van der Waals surface area contributed by atoms with Gasteiger partial charge in [-0.3, -0.25) is 14.9 Å². The molecule has 0 saturated heterocycles. The van der Waals surface area contributed by atoms with Gasteiger partial charge in [0.25, 0.3) is 11.6 Å². The molecule has 1 amide bonds. The van der Waals surface area contributed by atoms with Gasteiger partial charge >= 0.3 is 5.97 Å². The van der Waals surface area contributed by atoms with Crippen LogP contribution in [-0.4, -0.2) is 36.6 Å². The number of ether oxygens (including phenoxy) is 3. The number of nitrogens with zero attached hydrogens (tertiary/aromatic N) is 1. The number of rotatable bonds is 8. The van der Waals surface area contributed by atoms with Crippen molar-refractivity contribution in [2.45, 2.75) is 20.0 Å². The Morgan fingerprint density at radius 2 is 1.89 bits per heavy atom. The summed E-state index contributed by atoms with van der Waals surface area (Å²) in [6.45, 7) is 3.62. The number of hydrogen-bond acceptors (Lipinski definition) is 7. The van der Waals surface area contributed by atoms with Gasteiger partial charge in [-0.15, -0.1) is 0 Å². The molecule has 9 heteroatoms. The number of methoxy groups -OCH3 is 1. The SMILES string of the molecule is CCOc1ccccc1NC(=O)[C@H](C)OC(=O)c1cc([N+](=O)[O-])ccc1OC. The summed E-state index contributed by atoms with van der Waals surface area (Å²) in [7, 11) is 1.32. The minimum absolute atomic E-state index is 0.102. The Labute approximate surface area is 161 Å². The molecule has 0 radical (unpaired) electrons. The second-order valence-corrected chi connectivity index (χ2v) is 5.61. The molecule has 0 aliphatic heterocycles. The highest BCUT2D eigenvalue weighted by molar-refractivity contribution is 5.99. The van der Waals surface area contributed by atoms with Gasteiger partial charge in [0.15, 0.2) is 6.10 Å². The Bertz CT molecular complexity index is 882. The molecule has 0 fully saturated rings. The van der Waals surface area contributed by atoms with E-state index in [1.165, 1.54) is 26.2 Å². The van der Waals surface area contributed by atoms with Crippen molar-refractivity contribution in [3.8, 4) is 11.5 Å². The highest BCUT2D eigenvalue weighted by Crippen LogP contribution is 2.26. The maximum Gasteiger partial charge on any atom is 0.342 e. The summed E-state index contributed by atoms with van der Waals surface area (Å²) in [6.07, 6.45) is -1.16. The lowest BCUT2D eigenvalue weighted by molar-refractivity contribution is -0.384. The van der Waals surface area contributed by atoms with E-state index in [1.807, 2.05) is 6.92 Å². The van der Waals surface area contributed by atoms with Crippen molar-refractivity contribution in [2.24, 2.45) is 0 Å². The Kier molecular flexibility index (Phi) is 6.91. The van der Waals surface area contributed by atoms with Crippen LogP contribution in [0, 0.1) is 10.1 Å². The van der Waals surface area contributed by atoms with Gasteiger partial charge in [-0.1, -0.05) is 12.1 Å². The van der Waals surface area contributed by atoms with Gasteiger partial charge in [-0.05, 0) is 32.0 Å². The molecule has 0 heterocycles. The average Bonchev–Trinajstić information content (AvgIpc) is 2.68. The molecule has 2 aromatic carbocycles. The number of benzene rings is 2. The lowest BCUT2D eigenvalue weighted by Crippen LogP contribution is -2.30. The highest BCUT2D eigenvalue weighted by atomic mass is 16.6. The molecular formula is C19H20N2O7. The molecule has 2 rings (SSSR count). The van der Waals surface area contributed by atoms with E-state index in [-0.39, 0.29) is 17.0 Å². The first kappa shape index (κ1) is 20.7. The molecule has 148 valence electrons. The molecular weight excluding hydrogens is 368 g/mol. The van der Waals surface area contributed by atoms with Crippen LogP contribution in [0.3, 0.4) is 0 Å². The number of carbonyl (C=O) groups is 2. The Hall–Kier alpha value is -3.62. The second-order valence-electron chi connectivity index (χ2n) is 5.61. The lowest BCUT2D eigenvalue weighted by atomic mass is 10.1. The van der Waals surface area contributed by atoms with Crippen molar-refractivity contribution >= 4 is 23.3 Å². The van der Waals surface area contributed by atoms with E-state index in [0.29, 0.717) is 18.0 Å². The van der Waals surface area contributed by atoms with Gasteiger partial charge in [0, 0.05) is 12.1 Å². The molecule has 0 aliphatic rings. The summed E-state index contributed by atoms with van der Waals surface area (Å²) in [4.78, 5) is 35.1. The summed E-state index contributed by atoms with van der Waals surface area (Å²) in [5.74, 6) is -0.909. The van der Waals surface area contributed by atoms with Crippen molar-refractivity contribution in [1.82, 2.24) is 0 Å². The zero-order chi connectivity index (χ0) is 20.7. The van der Waals surface area contributed by atoms with Crippen LogP contribution in [0.15, 0.2) is 42.5 Å². The second kappa shape index (κ2) is 9.36. The number of amides is 1. The van der Waals surface area contributed by atoms with Gasteiger partial charge in [0.05, 0.1) is 24.3 Å². The number of nitro groups is 1. The standard InChI is InChI=1S/C19H20N2O7/c1-4-27-17-8-6-5-7-15(17)20-18(22)12(2)28-19(23)14-11-13(21(24)25)9-10-16(14)26-3/h5-12H,4H2,1-3H3,(H,20,22)/t12-/m0/s1. The first-order valence-corrected chi connectivity index (χ1v) is 8.43. The van der Waals surface area contributed by atoms with Gasteiger partial charge in [0.2, 0.25) is 0 Å². The third-order valence-electron chi connectivity index (χ3n) is 3.71. The topological polar surface area (TPSA) is 117 Å². The van der Waals surface area contributed by atoms with Crippen LogP contribution in [0.1, 0.15) is 24.2 Å². The number of non-ortho nitro benzene ring substituents is 1. The number of hydrogen-bond donors (Lipinski definition) is 1. The van der Waals surface area contributed by atoms with Crippen LogP contribution in [0.2, 0.25) is 0 Å². The van der Waals surface area contributed by atoms with E-state index in [2.05, 4.69) is 5.32 Å². The lowest BCUT2D eigenvalue weighted by Gasteiger charge is -2.16. The minimum Gasteiger partial charge on any atom is -0.496 e. The minimum atomic E-state index is -1.16.